The quantitative estimate of drug-likeness (QED) is 0.890. The molecule has 23 heavy (non-hydrogen) atoms. The average Bonchev–Trinajstić information content (AvgIpc) is 3.20. The number of urea groups is 1. The summed E-state index contributed by atoms with van der Waals surface area (Å²) in [5.74, 6) is 1.70. The number of hydrogen-bond acceptors (Lipinski definition) is 4. The van der Waals surface area contributed by atoms with E-state index in [1.165, 1.54) is 12.8 Å². The van der Waals surface area contributed by atoms with Crippen LogP contribution in [0.15, 0.2) is 41.1 Å². The van der Waals surface area contributed by atoms with Gasteiger partial charge >= 0.3 is 6.03 Å². The maximum atomic E-state index is 12.2. The Hall–Kier alpha value is -2.50. The van der Waals surface area contributed by atoms with Crippen molar-refractivity contribution in [3.8, 4) is 0 Å². The third-order valence-electron chi connectivity index (χ3n) is 3.91. The van der Waals surface area contributed by atoms with E-state index in [2.05, 4.69) is 20.5 Å². The van der Waals surface area contributed by atoms with Crippen molar-refractivity contribution in [1.29, 1.82) is 0 Å². The Kier molecular flexibility index (Phi) is 4.80. The highest BCUT2D eigenvalue weighted by molar-refractivity contribution is 5.92. The van der Waals surface area contributed by atoms with Crippen LogP contribution in [0.2, 0.25) is 0 Å². The number of anilines is 2. The van der Waals surface area contributed by atoms with Gasteiger partial charge in [0.15, 0.2) is 5.82 Å². The first-order valence-corrected chi connectivity index (χ1v) is 8.02. The zero-order valence-electron chi connectivity index (χ0n) is 13.3. The molecule has 1 aliphatic rings. The van der Waals surface area contributed by atoms with E-state index < -0.39 is 0 Å². The van der Waals surface area contributed by atoms with Crippen LogP contribution in [-0.2, 0) is 6.42 Å². The van der Waals surface area contributed by atoms with Gasteiger partial charge in [0.1, 0.15) is 5.76 Å². The van der Waals surface area contributed by atoms with Crippen molar-refractivity contribution in [3.63, 3.8) is 0 Å². The topological polar surface area (TPSA) is 70.4 Å². The number of nitrogens with zero attached hydrogens (tertiary/aromatic N) is 2. The zero-order chi connectivity index (χ0) is 16.1. The maximum absolute atomic E-state index is 12.2. The van der Waals surface area contributed by atoms with Gasteiger partial charge in [-0.1, -0.05) is 0 Å². The Morgan fingerprint density at radius 1 is 1.35 bits per heavy atom. The molecule has 1 aliphatic heterocycles. The number of carbonyl (C=O) groups is 1. The van der Waals surface area contributed by atoms with Crippen LogP contribution in [0.25, 0.3) is 0 Å². The van der Waals surface area contributed by atoms with Crippen LogP contribution in [-0.4, -0.2) is 30.1 Å². The van der Waals surface area contributed by atoms with Gasteiger partial charge in [0.2, 0.25) is 0 Å². The van der Waals surface area contributed by atoms with Crippen LogP contribution in [0.3, 0.4) is 0 Å². The lowest BCUT2D eigenvalue weighted by molar-refractivity contribution is 0.248. The summed E-state index contributed by atoms with van der Waals surface area (Å²) < 4.78 is 5.30. The third-order valence-corrected chi connectivity index (χ3v) is 3.91. The van der Waals surface area contributed by atoms with Crippen molar-refractivity contribution >= 4 is 17.5 Å². The molecular weight excluding hydrogens is 292 g/mol. The molecule has 1 saturated heterocycles. The second-order valence-corrected chi connectivity index (χ2v) is 5.85. The van der Waals surface area contributed by atoms with Gasteiger partial charge in [0.25, 0.3) is 0 Å². The molecule has 0 aromatic carbocycles. The summed E-state index contributed by atoms with van der Waals surface area (Å²) in [4.78, 5) is 18.9. The van der Waals surface area contributed by atoms with E-state index in [9.17, 15) is 4.79 Å². The van der Waals surface area contributed by atoms with Crippen molar-refractivity contribution < 1.29 is 9.21 Å². The van der Waals surface area contributed by atoms with Crippen molar-refractivity contribution in [2.24, 2.45) is 0 Å². The van der Waals surface area contributed by atoms with Gasteiger partial charge in [0.05, 0.1) is 12.0 Å². The van der Waals surface area contributed by atoms with E-state index in [-0.39, 0.29) is 12.1 Å². The maximum Gasteiger partial charge on any atom is 0.319 e. The van der Waals surface area contributed by atoms with E-state index in [1.54, 1.807) is 12.5 Å². The first kappa shape index (κ1) is 15.4. The van der Waals surface area contributed by atoms with Gasteiger partial charge in [-0.25, -0.2) is 9.78 Å². The third kappa shape index (κ3) is 4.03. The van der Waals surface area contributed by atoms with Gasteiger partial charge in [-0.05, 0) is 44.0 Å². The largest absolute Gasteiger partial charge is 0.469 e. The minimum absolute atomic E-state index is 0.0203. The number of rotatable bonds is 5. The number of carbonyl (C=O) groups excluding carboxylic acids is 1. The lowest BCUT2D eigenvalue weighted by atomic mass is 10.2. The van der Waals surface area contributed by atoms with E-state index in [0.29, 0.717) is 6.42 Å². The molecule has 0 radical (unpaired) electrons. The van der Waals surface area contributed by atoms with Crippen molar-refractivity contribution in [2.75, 3.05) is 23.3 Å². The van der Waals surface area contributed by atoms with Crippen LogP contribution in [0.4, 0.5) is 16.3 Å². The molecule has 2 aromatic rings. The van der Waals surface area contributed by atoms with Crippen molar-refractivity contribution in [1.82, 2.24) is 10.3 Å². The van der Waals surface area contributed by atoms with E-state index in [0.717, 1.165) is 30.4 Å². The van der Waals surface area contributed by atoms with Crippen molar-refractivity contribution in [3.05, 3.63) is 42.5 Å². The molecule has 122 valence electrons. The van der Waals surface area contributed by atoms with E-state index in [4.69, 9.17) is 4.42 Å². The molecule has 0 unspecified atom stereocenters. The number of furan rings is 1. The van der Waals surface area contributed by atoms with Gasteiger partial charge in [-0.2, -0.15) is 0 Å². The number of pyridine rings is 1. The fourth-order valence-electron chi connectivity index (χ4n) is 2.84. The Morgan fingerprint density at radius 3 is 2.91 bits per heavy atom. The zero-order valence-corrected chi connectivity index (χ0v) is 13.3. The molecule has 0 aliphatic carbocycles. The molecule has 3 rings (SSSR count). The summed E-state index contributed by atoms with van der Waals surface area (Å²) in [6.45, 7) is 3.93. The summed E-state index contributed by atoms with van der Waals surface area (Å²) in [5, 5.41) is 5.84. The Morgan fingerprint density at radius 2 is 2.17 bits per heavy atom. The van der Waals surface area contributed by atoms with Gasteiger partial charge in [-0.15, -0.1) is 0 Å². The first-order chi connectivity index (χ1) is 11.2. The SMILES string of the molecule is C[C@H](Cc1ccco1)NC(=O)Nc1cccnc1N1CCCC1. The molecular formula is C17H22N4O2. The fourth-order valence-corrected chi connectivity index (χ4v) is 2.84. The van der Waals surface area contributed by atoms with Gasteiger partial charge in [-0.3, -0.25) is 0 Å². The summed E-state index contributed by atoms with van der Waals surface area (Å²) in [6.07, 6.45) is 6.40. The highest BCUT2D eigenvalue weighted by Gasteiger charge is 2.18. The van der Waals surface area contributed by atoms with Crippen LogP contribution in [0, 0.1) is 0 Å². The Balaban J connectivity index is 1.59. The van der Waals surface area contributed by atoms with Crippen LogP contribution in [0.5, 0.6) is 0 Å². The van der Waals surface area contributed by atoms with Crippen LogP contribution in [0.1, 0.15) is 25.5 Å². The normalized spacial score (nSPS) is 15.4. The monoisotopic (exact) mass is 314 g/mol. The van der Waals surface area contributed by atoms with Crippen LogP contribution >= 0.6 is 0 Å². The minimum atomic E-state index is -0.225. The smallest absolute Gasteiger partial charge is 0.319 e. The summed E-state index contributed by atoms with van der Waals surface area (Å²) in [5.41, 5.74) is 0.747. The Labute approximate surface area is 135 Å². The summed E-state index contributed by atoms with van der Waals surface area (Å²) >= 11 is 0. The lowest BCUT2D eigenvalue weighted by Crippen LogP contribution is -2.37. The molecule has 6 nitrogen and oxygen atoms in total. The van der Waals surface area contributed by atoms with Crippen LogP contribution < -0.4 is 15.5 Å². The van der Waals surface area contributed by atoms with E-state index in [1.807, 2.05) is 31.2 Å². The number of nitrogens with one attached hydrogen (secondary N) is 2. The van der Waals surface area contributed by atoms with E-state index >= 15 is 0 Å². The highest BCUT2D eigenvalue weighted by atomic mass is 16.3. The molecule has 6 heteroatoms. The number of amides is 2. The molecule has 0 spiro atoms. The molecule has 2 N–H and O–H groups in total. The molecule has 0 saturated carbocycles. The number of hydrogen-bond donors (Lipinski definition) is 2. The molecule has 1 fully saturated rings. The second kappa shape index (κ2) is 7.17. The summed E-state index contributed by atoms with van der Waals surface area (Å²) in [6, 6.07) is 7.23. The predicted octanol–water partition coefficient (Wildman–Crippen LogP) is 3.03. The molecule has 2 amide bonds. The summed E-state index contributed by atoms with van der Waals surface area (Å²) in [7, 11) is 0. The average molecular weight is 314 g/mol. The molecule has 2 aromatic heterocycles. The van der Waals surface area contributed by atoms with Gasteiger partial charge in [0, 0.05) is 31.7 Å². The lowest BCUT2D eigenvalue weighted by Gasteiger charge is -2.20. The molecule has 0 bridgehead atoms. The fraction of sp³-hybridized carbons (Fsp3) is 0.412. The molecule has 3 heterocycles. The molecule has 1 atom stereocenters. The number of aromatic nitrogens is 1. The highest BCUT2D eigenvalue weighted by Crippen LogP contribution is 2.25. The van der Waals surface area contributed by atoms with Crippen molar-refractivity contribution in [2.45, 2.75) is 32.2 Å². The minimum Gasteiger partial charge on any atom is -0.469 e. The predicted molar refractivity (Wildman–Crippen MR) is 89.7 cm³/mol. The first-order valence-electron chi connectivity index (χ1n) is 8.02. The standard InChI is InChI=1S/C17H22N4O2/c1-13(12-14-6-5-11-23-14)19-17(22)20-15-7-4-8-18-16(15)21-9-2-3-10-21/h4-8,11,13H,2-3,9-10,12H2,1H3,(H2,19,20,22)/t13-/m1/s1. The Bertz CT molecular complexity index is 636. The van der Waals surface area contributed by atoms with Gasteiger partial charge < -0.3 is 20.0 Å². The second-order valence-electron chi connectivity index (χ2n) is 5.85.